The molecule has 38 heavy (non-hydrogen) atoms. The van der Waals surface area contributed by atoms with E-state index in [0.29, 0.717) is 11.1 Å². The molecule has 0 aliphatic rings. The molecule has 13 nitrogen and oxygen atoms in total. The molecule has 2 rings (SSSR count). The van der Waals surface area contributed by atoms with Gasteiger partial charge in [0.2, 0.25) is 17.7 Å². The summed E-state index contributed by atoms with van der Waals surface area (Å²) in [7, 11) is 0. The van der Waals surface area contributed by atoms with Gasteiger partial charge in [0.1, 0.15) is 29.9 Å². The molecule has 9 N–H and O–H groups in total. The number of aliphatic hydroxyl groups excluding tert-OH is 1. The molecule has 2 aromatic rings. The molecule has 4 unspecified atom stereocenters. The zero-order valence-corrected chi connectivity index (χ0v) is 20.2. The van der Waals surface area contributed by atoms with Gasteiger partial charge in [-0.15, -0.1) is 0 Å². The van der Waals surface area contributed by atoms with Crippen molar-refractivity contribution in [1.82, 2.24) is 16.0 Å². The van der Waals surface area contributed by atoms with E-state index in [0.717, 1.165) is 0 Å². The number of aliphatic hydroxyl groups is 1. The number of amides is 3. The third-order valence-corrected chi connectivity index (χ3v) is 5.45. The third-order valence-electron chi connectivity index (χ3n) is 5.45. The van der Waals surface area contributed by atoms with E-state index in [9.17, 15) is 39.3 Å². The van der Waals surface area contributed by atoms with E-state index < -0.39 is 66.9 Å². The highest BCUT2D eigenvalue weighted by Crippen LogP contribution is 2.12. The quantitative estimate of drug-likeness (QED) is 0.141. The van der Waals surface area contributed by atoms with E-state index in [2.05, 4.69) is 16.0 Å². The van der Waals surface area contributed by atoms with Gasteiger partial charge in [-0.1, -0.05) is 42.5 Å². The highest BCUT2D eigenvalue weighted by atomic mass is 16.4. The number of hydrogen-bond donors (Lipinski definition) is 8. The van der Waals surface area contributed by atoms with Crippen molar-refractivity contribution in [2.75, 3.05) is 6.61 Å². The van der Waals surface area contributed by atoms with Gasteiger partial charge in [0.05, 0.1) is 13.0 Å². The fourth-order valence-electron chi connectivity index (χ4n) is 3.42. The normalized spacial score (nSPS) is 13.8. The maximum absolute atomic E-state index is 13.3. The lowest BCUT2D eigenvalue weighted by molar-refractivity contribution is -0.147. The lowest BCUT2D eigenvalue weighted by atomic mass is 10.0. The first-order valence-corrected chi connectivity index (χ1v) is 11.5. The van der Waals surface area contributed by atoms with Crippen LogP contribution in [0.4, 0.5) is 0 Å². The zero-order chi connectivity index (χ0) is 28.2. The molecule has 0 heterocycles. The number of benzene rings is 2. The van der Waals surface area contributed by atoms with Crippen molar-refractivity contribution < 1.29 is 44.4 Å². The van der Waals surface area contributed by atoms with Crippen LogP contribution < -0.4 is 21.7 Å². The summed E-state index contributed by atoms with van der Waals surface area (Å²) in [6.07, 6.45) is -1.04. The summed E-state index contributed by atoms with van der Waals surface area (Å²) < 4.78 is 0. The lowest BCUT2D eigenvalue weighted by Gasteiger charge is -2.25. The molecule has 4 atom stereocenters. The Labute approximate surface area is 217 Å². The van der Waals surface area contributed by atoms with E-state index in [4.69, 9.17) is 10.8 Å². The highest BCUT2D eigenvalue weighted by Gasteiger charge is 2.31. The van der Waals surface area contributed by atoms with E-state index in [1.54, 1.807) is 30.3 Å². The number of carbonyl (C=O) groups excluding carboxylic acids is 3. The van der Waals surface area contributed by atoms with Gasteiger partial charge in [0.15, 0.2) is 0 Å². The summed E-state index contributed by atoms with van der Waals surface area (Å²) in [6.45, 7) is -0.682. The van der Waals surface area contributed by atoms with Gasteiger partial charge in [-0.25, -0.2) is 4.79 Å². The summed E-state index contributed by atoms with van der Waals surface area (Å²) in [5.41, 5.74) is 6.71. The Kier molecular flexibility index (Phi) is 11.2. The molecular weight excluding hydrogens is 500 g/mol. The number of nitrogens with one attached hydrogen (secondary N) is 3. The van der Waals surface area contributed by atoms with Crippen LogP contribution in [0.5, 0.6) is 5.75 Å². The van der Waals surface area contributed by atoms with Gasteiger partial charge in [-0.2, -0.15) is 0 Å². The molecule has 3 amide bonds. The molecule has 0 aromatic heterocycles. The Morgan fingerprint density at radius 3 is 1.66 bits per heavy atom. The third kappa shape index (κ3) is 9.52. The van der Waals surface area contributed by atoms with Crippen LogP contribution in [0, 0.1) is 0 Å². The van der Waals surface area contributed by atoms with Crippen LogP contribution in [0.25, 0.3) is 0 Å². The Morgan fingerprint density at radius 2 is 1.18 bits per heavy atom. The Morgan fingerprint density at radius 1 is 0.711 bits per heavy atom. The number of phenols is 1. The summed E-state index contributed by atoms with van der Waals surface area (Å²) >= 11 is 0. The standard InChI is InChI=1S/C25H30N4O9/c26-17(13-30)22(34)27-18(11-15-6-8-16(31)9-7-15)23(35)28-19(10-14-4-2-1-3-5-14)24(36)29-20(25(37)38)12-21(32)33/h1-9,17-20,30-31H,10-13,26H2,(H,27,34)(H,28,35)(H,29,36)(H,32,33)(H,37,38). The first kappa shape index (κ1) is 29.7. The van der Waals surface area contributed by atoms with Crippen molar-refractivity contribution in [3.05, 3.63) is 65.7 Å². The molecule has 0 saturated carbocycles. The van der Waals surface area contributed by atoms with Crippen molar-refractivity contribution in [2.24, 2.45) is 5.73 Å². The van der Waals surface area contributed by atoms with Crippen molar-refractivity contribution in [2.45, 2.75) is 43.4 Å². The van der Waals surface area contributed by atoms with E-state index in [1.165, 1.54) is 24.3 Å². The number of hydrogen-bond acceptors (Lipinski definition) is 8. The van der Waals surface area contributed by atoms with Crippen LogP contribution in [0.15, 0.2) is 54.6 Å². The number of phenolic OH excluding ortho intramolecular Hbond substituents is 1. The SMILES string of the molecule is NC(CO)C(=O)NC(Cc1ccc(O)cc1)C(=O)NC(Cc1ccccc1)C(=O)NC(CC(=O)O)C(=O)O. The van der Waals surface area contributed by atoms with Gasteiger partial charge >= 0.3 is 11.9 Å². The molecule has 0 radical (unpaired) electrons. The zero-order valence-electron chi connectivity index (χ0n) is 20.2. The molecule has 0 spiro atoms. The fraction of sp³-hybridized carbons (Fsp3) is 0.320. The minimum absolute atomic E-state index is 0.0185. The Bertz CT molecular complexity index is 1130. The predicted molar refractivity (Wildman–Crippen MR) is 133 cm³/mol. The second-order valence-corrected chi connectivity index (χ2v) is 8.47. The van der Waals surface area contributed by atoms with Crippen molar-refractivity contribution >= 4 is 29.7 Å². The minimum atomic E-state index is -1.75. The van der Waals surface area contributed by atoms with Crippen molar-refractivity contribution in [3.63, 3.8) is 0 Å². The maximum atomic E-state index is 13.3. The van der Waals surface area contributed by atoms with Crippen LogP contribution in [0.1, 0.15) is 17.5 Å². The van der Waals surface area contributed by atoms with Gasteiger partial charge in [0.25, 0.3) is 0 Å². The molecule has 0 fully saturated rings. The molecular formula is C25H30N4O9. The number of nitrogens with two attached hydrogens (primary N) is 1. The van der Waals surface area contributed by atoms with Gasteiger partial charge in [-0.05, 0) is 23.3 Å². The topological polar surface area (TPSA) is 228 Å². The minimum Gasteiger partial charge on any atom is -0.508 e. The average molecular weight is 531 g/mol. The van der Waals surface area contributed by atoms with Crippen LogP contribution in [-0.2, 0) is 36.8 Å². The predicted octanol–water partition coefficient (Wildman–Crippen LogP) is -1.49. The molecule has 13 heteroatoms. The van der Waals surface area contributed by atoms with Crippen LogP contribution in [-0.4, -0.2) is 80.9 Å². The number of carboxylic acid groups (broad SMARTS) is 2. The summed E-state index contributed by atoms with van der Waals surface area (Å²) in [5.74, 6) is -5.63. The number of carbonyl (C=O) groups is 5. The van der Waals surface area contributed by atoms with E-state index in [-0.39, 0.29) is 18.6 Å². The average Bonchev–Trinajstić information content (AvgIpc) is 2.88. The fourth-order valence-corrected chi connectivity index (χ4v) is 3.42. The Hall–Kier alpha value is -4.49. The smallest absolute Gasteiger partial charge is 0.326 e. The molecule has 0 bridgehead atoms. The number of carboxylic acids is 2. The summed E-state index contributed by atoms with van der Waals surface area (Å²) in [4.78, 5) is 61.2. The molecule has 204 valence electrons. The first-order valence-electron chi connectivity index (χ1n) is 11.5. The molecule has 2 aromatic carbocycles. The molecule has 0 saturated heterocycles. The molecule has 0 aliphatic carbocycles. The number of aromatic hydroxyl groups is 1. The van der Waals surface area contributed by atoms with Crippen LogP contribution in [0.2, 0.25) is 0 Å². The van der Waals surface area contributed by atoms with Crippen molar-refractivity contribution in [1.29, 1.82) is 0 Å². The van der Waals surface area contributed by atoms with Crippen LogP contribution in [0.3, 0.4) is 0 Å². The second kappa shape index (κ2) is 14.3. The van der Waals surface area contributed by atoms with E-state index in [1.807, 2.05) is 0 Å². The van der Waals surface area contributed by atoms with Gasteiger partial charge in [-0.3, -0.25) is 19.2 Å². The largest absolute Gasteiger partial charge is 0.508 e. The van der Waals surface area contributed by atoms with E-state index >= 15 is 0 Å². The second-order valence-electron chi connectivity index (χ2n) is 8.47. The summed E-state index contributed by atoms with van der Waals surface area (Å²) in [5, 5.41) is 44.1. The van der Waals surface area contributed by atoms with Gasteiger partial charge < -0.3 is 42.1 Å². The van der Waals surface area contributed by atoms with Crippen LogP contribution >= 0.6 is 0 Å². The Balaban J connectivity index is 2.31. The monoisotopic (exact) mass is 530 g/mol. The number of rotatable bonds is 14. The highest BCUT2D eigenvalue weighted by molar-refractivity contribution is 5.95. The molecule has 0 aliphatic heterocycles. The van der Waals surface area contributed by atoms with Gasteiger partial charge in [0, 0.05) is 12.8 Å². The number of aliphatic carboxylic acids is 2. The lowest BCUT2D eigenvalue weighted by Crippen LogP contribution is -2.58. The maximum Gasteiger partial charge on any atom is 0.326 e. The summed E-state index contributed by atoms with van der Waals surface area (Å²) in [6, 6.07) is 8.60. The van der Waals surface area contributed by atoms with Crippen molar-refractivity contribution in [3.8, 4) is 5.75 Å². The first-order chi connectivity index (χ1) is 18.0.